The molecule has 3 rings (SSSR count). The molecule has 0 unspecified atom stereocenters. The van der Waals surface area contributed by atoms with Crippen LogP contribution in [0.4, 0.5) is 0 Å². The molecule has 9 heteroatoms. The second-order valence-electron chi connectivity index (χ2n) is 6.46. The van der Waals surface area contributed by atoms with Crippen LogP contribution in [-0.2, 0) is 11.3 Å². The highest BCUT2D eigenvalue weighted by Gasteiger charge is 2.22. The minimum Gasteiger partial charge on any atom is -0.486 e. The third kappa shape index (κ3) is 4.36. The van der Waals surface area contributed by atoms with E-state index in [1.54, 1.807) is 0 Å². The van der Waals surface area contributed by atoms with E-state index in [4.69, 9.17) is 32.7 Å². The minimum atomic E-state index is -0.611. The molecule has 0 aliphatic carbocycles. The van der Waals surface area contributed by atoms with Crippen LogP contribution >= 0.6 is 23.2 Å². The summed E-state index contributed by atoms with van der Waals surface area (Å²) >= 11 is 11.6. The molecular weight excluding hydrogens is 393 g/mol. The molecule has 1 amide bonds. The van der Waals surface area contributed by atoms with Crippen molar-refractivity contribution in [3.8, 4) is 11.5 Å². The fourth-order valence-electron chi connectivity index (χ4n) is 2.80. The number of ether oxygens (including phenoxy) is 2. The van der Waals surface area contributed by atoms with E-state index in [0.29, 0.717) is 24.7 Å². The molecule has 0 spiro atoms. The van der Waals surface area contributed by atoms with Gasteiger partial charge in [-0.2, -0.15) is 5.10 Å². The molecule has 0 saturated carbocycles. The average Bonchev–Trinajstić information content (AvgIpc) is 2.66. The van der Waals surface area contributed by atoms with Crippen LogP contribution in [0.2, 0.25) is 10.0 Å². The monoisotopic (exact) mass is 411 g/mol. The predicted octanol–water partition coefficient (Wildman–Crippen LogP) is 2.83. The number of carbonyl (C=O) groups is 1. The Bertz CT molecular complexity index is 914. The number of fused-ring (bicyclic) bond motifs is 1. The van der Waals surface area contributed by atoms with Crippen LogP contribution in [0.5, 0.6) is 11.5 Å². The number of amides is 1. The molecule has 0 fully saturated rings. The van der Waals surface area contributed by atoms with Crippen molar-refractivity contribution < 1.29 is 14.3 Å². The van der Waals surface area contributed by atoms with Crippen LogP contribution in [0.1, 0.15) is 25.5 Å². The third-order valence-corrected chi connectivity index (χ3v) is 4.89. The van der Waals surface area contributed by atoms with Crippen LogP contribution in [0, 0.1) is 5.92 Å². The Labute approximate surface area is 166 Å². The molecule has 0 bridgehead atoms. The summed E-state index contributed by atoms with van der Waals surface area (Å²) in [7, 11) is 0. The van der Waals surface area contributed by atoms with E-state index in [1.807, 2.05) is 32.0 Å². The zero-order valence-corrected chi connectivity index (χ0v) is 16.4. The van der Waals surface area contributed by atoms with E-state index in [0.717, 1.165) is 10.2 Å². The molecule has 1 aromatic carbocycles. The summed E-state index contributed by atoms with van der Waals surface area (Å²) in [6.07, 6.45) is 1.24. The normalized spacial score (nSPS) is 14.1. The molecule has 1 atom stereocenters. The third-order valence-electron chi connectivity index (χ3n) is 4.14. The van der Waals surface area contributed by atoms with E-state index in [1.165, 1.54) is 6.20 Å². The van der Waals surface area contributed by atoms with Crippen molar-refractivity contribution in [3.63, 3.8) is 0 Å². The first-order valence-corrected chi connectivity index (χ1v) is 9.22. The van der Waals surface area contributed by atoms with Gasteiger partial charge in [0, 0.05) is 0 Å². The lowest BCUT2D eigenvalue weighted by molar-refractivity contribution is -0.123. The number of carbonyl (C=O) groups excluding carboxylic acids is 1. The van der Waals surface area contributed by atoms with Gasteiger partial charge in [0.1, 0.15) is 24.8 Å². The quantitative estimate of drug-likeness (QED) is 0.817. The number of nitrogens with one attached hydrogen (secondary N) is 1. The molecule has 7 nitrogen and oxygen atoms in total. The van der Waals surface area contributed by atoms with Crippen molar-refractivity contribution in [2.24, 2.45) is 5.92 Å². The summed E-state index contributed by atoms with van der Waals surface area (Å²) in [5, 5.41) is 6.68. The first-order chi connectivity index (χ1) is 12.9. The summed E-state index contributed by atoms with van der Waals surface area (Å²) in [5.74, 6) is 1.08. The maximum absolute atomic E-state index is 12.5. The van der Waals surface area contributed by atoms with Gasteiger partial charge in [-0.25, -0.2) is 4.68 Å². The van der Waals surface area contributed by atoms with Crippen LogP contribution in [0.3, 0.4) is 0 Å². The Kier molecular flexibility index (Phi) is 5.92. The topological polar surface area (TPSA) is 82.5 Å². The van der Waals surface area contributed by atoms with E-state index in [9.17, 15) is 9.59 Å². The molecule has 2 aromatic rings. The predicted molar refractivity (Wildman–Crippen MR) is 102 cm³/mol. The van der Waals surface area contributed by atoms with Gasteiger partial charge in [-0.15, -0.1) is 0 Å². The van der Waals surface area contributed by atoms with Crippen LogP contribution in [0.15, 0.2) is 29.2 Å². The summed E-state index contributed by atoms with van der Waals surface area (Å²) in [6, 6.07) is 5.31. The second kappa shape index (κ2) is 8.19. The van der Waals surface area contributed by atoms with Gasteiger partial charge in [0.15, 0.2) is 11.5 Å². The second-order valence-corrected chi connectivity index (χ2v) is 7.25. The maximum Gasteiger partial charge on any atom is 0.287 e. The molecule has 1 aromatic heterocycles. The summed E-state index contributed by atoms with van der Waals surface area (Å²) in [5.41, 5.74) is 0.275. The Balaban J connectivity index is 1.78. The van der Waals surface area contributed by atoms with E-state index < -0.39 is 5.56 Å². The number of hydrogen-bond acceptors (Lipinski definition) is 5. The Morgan fingerprint density at radius 3 is 2.67 bits per heavy atom. The number of rotatable bonds is 5. The SMILES string of the molecule is CC(C)[C@H](NC(=O)Cn1ncc(Cl)c(Cl)c1=O)c1ccc2c(c1)OCCO2. The van der Waals surface area contributed by atoms with E-state index in [-0.39, 0.29) is 34.5 Å². The fourth-order valence-corrected chi connectivity index (χ4v) is 3.07. The van der Waals surface area contributed by atoms with Gasteiger partial charge in [-0.05, 0) is 23.6 Å². The standard InChI is InChI=1S/C18H19Cl2N3O4/c1-10(2)17(11-3-4-13-14(7-11)27-6-5-26-13)22-15(24)9-23-18(25)16(20)12(19)8-21-23/h3-4,7-8,10,17H,5-6,9H2,1-2H3,(H,22,24)/t17-/m0/s1. The molecule has 144 valence electrons. The summed E-state index contributed by atoms with van der Waals surface area (Å²) in [6.45, 7) is 4.73. The number of halogens is 2. The van der Waals surface area contributed by atoms with Crippen LogP contribution in [0.25, 0.3) is 0 Å². The number of aromatic nitrogens is 2. The lowest BCUT2D eigenvalue weighted by atomic mass is 9.95. The first kappa shape index (κ1) is 19.5. The summed E-state index contributed by atoms with van der Waals surface area (Å²) in [4.78, 5) is 24.5. The molecular formula is C18H19Cl2N3O4. The summed E-state index contributed by atoms with van der Waals surface area (Å²) < 4.78 is 12.1. The van der Waals surface area contributed by atoms with Crippen molar-refractivity contribution in [1.29, 1.82) is 0 Å². The maximum atomic E-state index is 12.5. The van der Waals surface area contributed by atoms with Gasteiger partial charge in [0.2, 0.25) is 5.91 Å². The fraction of sp³-hybridized carbons (Fsp3) is 0.389. The Hall–Kier alpha value is -2.25. The molecule has 2 heterocycles. The zero-order valence-electron chi connectivity index (χ0n) is 14.9. The first-order valence-electron chi connectivity index (χ1n) is 8.47. The van der Waals surface area contributed by atoms with Crippen molar-refractivity contribution in [3.05, 3.63) is 50.4 Å². The van der Waals surface area contributed by atoms with Crippen molar-refractivity contribution in [2.45, 2.75) is 26.4 Å². The number of nitrogens with zero attached hydrogens (tertiary/aromatic N) is 2. The Morgan fingerprint density at radius 2 is 1.96 bits per heavy atom. The Morgan fingerprint density at radius 1 is 1.26 bits per heavy atom. The molecule has 0 radical (unpaired) electrons. The van der Waals surface area contributed by atoms with Crippen molar-refractivity contribution >= 4 is 29.1 Å². The van der Waals surface area contributed by atoms with Gasteiger partial charge < -0.3 is 14.8 Å². The van der Waals surface area contributed by atoms with Crippen molar-refractivity contribution in [1.82, 2.24) is 15.1 Å². The molecule has 27 heavy (non-hydrogen) atoms. The van der Waals surface area contributed by atoms with Crippen molar-refractivity contribution in [2.75, 3.05) is 13.2 Å². The van der Waals surface area contributed by atoms with E-state index in [2.05, 4.69) is 10.4 Å². The minimum absolute atomic E-state index is 0.0506. The van der Waals surface area contributed by atoms with Crippen LogP contribution < -0.4 is 20.3 Å². The highest BCUT2D eigenvalue weighted by Crippen LogP contribution is 2.34. The average molecular weight is 412 g/mol. The highest BCUT2D eigenvalue weighted by atomic mass is 35.5. The van der Waals surface area contributed by atoms with Gasteiger partial charge in [-0.1, -0.05) is 43.1 Å². The zero-order chi connectivity index (χ0) is 19.6. The molecule has 1 N–H and O–H groups in total. The lowest BCUT2D eigenvalue weighted by Crippen LogP contribution is -2.37. The molecule has 0 saturated heterocycles. The number of hydrogen-bond donors (Lipinski definition) is 1. The molecule has 1 aliphatic heterocycles. The molecule has 1 aliphatic rings. The largest absolute Gasteiger partial charge is 0.486 e. The van der Waals surface area contributed by atoms with Gasteiger partial charge >= 0.3 is 0 Å². The highest BCUT2D eigenvalue weighted by molar-refractivity contribution is 6.41. The van der Waals surface area contributed by atoms with Crippen LogP contribution in [-0.4, -0.2) is 28.9 Å². The van der Waals surface area contributed by atoms with Gasteiger partial charge in [-0.3, -0.25) is 9.59 Å². The van der Waals surface area contributed by atoms with Gasteiger partial charge in [0.25, 0.3) is 5.56 Å². The van der Waals surface area contributed by atoms with Gasteiger partial charge in [0.05, 0.1) is 17.3 Å². The van der Waals surface area contributed by atoms with E-state index >= 15 is 0 Å². The number of benzene rings is 1. The smallest absolute Gasteiger partial charge is 0.287 e. The lowest BCUT2D eigenvalue weighted by Gasteiger charge is -2.25.